The predicted molar refractivity (Wildman–Crippen MR) is 257 cm³/mol. The summed E-state index contributed by atoms with van der Waals surface area (Å²) in [7, 11) is 0. The third-order valence-electron chi connectivity index (χ3n) is 17.0. The van der Waals surface area contributed by atoms with Gasteiger partial charge in [0.15, 0.2) is 0 Å². The molecular formula is C53H98O12. The molecule has 13 atom stereocenters. The van der Waals surface area contributed by atoms with E-state index in [1.54, 1.807) is 6.92 Å². The maximum Gasteiger partial charge on any atom is 0.318 e. The highest BCUT2D eigenvalue weighted by Crippen LogP contribution is 2.66. The second-order valence-corrected chi connectivity index (χ2v) is 22.4. The molecule has 0 amide bonds. The molecule has 3 saturated heterocycles. The van der Waals surface area contributed by atoms with Gasteiger partial charge in [0.2, 0.25) is 6.29 Å². The first-order chi connectivity index (χ1) is 26.5. The van der Waals surface area contributed by atoms with E-state index in [0.717, 1.165) is 19.3 Å². The SMILES string of the molecule is C.C.C.C.C.C.C.C.CC1C(=O)OC(=O)C1C(C)(C)C(CC(C)(C)C(CC(C)(C)C1C(C)C2CC1C1COC(=O)C21)C(=O)OC1CCCCO1)C(=O)OC12CC3CC(O)(CC(O)(C3)C1)C2. The quantitative estimate of drug-likeness (QED) is 0.108. The Morgan fingerprint density at radius 2 is 1.34 bits per heavy atom. The van der Waals surface area contributed by atoms with Crippen molar-refractivity contribution in [2.24, 2.45) is 81.3 Å². The fourth-order valence-corrected chi connectivity index (χ4v) is 15.1. The number of esters is 5. The van der Waals surface area contributed by atoms with Gasteiger partial charge in [-0.15, -0.1) is 0 Å². The van der Waals surface area contributed by atoms with Crippen LogP contribution in [0, 0.1) is 81.3 Å². The number of ether oxygens (including phenoxy) is 5. The van der Waals surface area contributed by atoms with Crippen LogP contribution < -0.4 is 0 Å². The van der Waals surface area contributed by atoms with Gasteiger partial charge in [-0.2, -0.15) is 0 Å². The van der Waals surface area contributed by atoms with Crippen LogP contribution in [0.5, 0.6) is 0 Å². The summed E-state index contributed by atoms with van der Waals surface area (Å²) in [5, 5.41) is 23.1. The molecule has 12 nitrogen and oxygen atoms in total. The van der Waals surface area contributed by atoms with Crippen molar-refractivity contribution in [3.8, 4) is 0 Å². The molecule has 12 heteroatoms. The van der Waals surface area contributed by atoms with E-state index >= 15 is 4.79 Å². The van der Waals surface area contributed by atoms with Crippen LogP contribution >= 0.6 is 0 Å². The van der Waals surface area contributed by atoms with Crippen LogP contribution in [0.1, 0.15) is 192 Å². The molecule has 0 aromatic heterocycles. The molecule has 6 bridgehead atoms. The number of rotatable bonds is 12. The number of hydrogen-bond acceptors (Lipinski definition) is 12. The summed E-state index contributed by atoms with van der Waals surface area (Å²) in [5.41, 5.74) is -5.79. The minimum atomic E-state index is -1.16. The minimum Gasteiger partial charge on any atom is -0.465 e. The molecule has 65 heavy (non-hydrogen) atoms. The highest BCUT2D eigenvalue weighted by Gasteiger charge is 2.67. The Labute approximate surface area is 396 Å². The number of hydrogen-bond donors (Lipinski definition) is 2. The number of carbonyl (C=O) groups is 5. The summed E-state index contributed by atoms with van der Waals surface area (Å²) in [6, 6.07) is 0. The fraction of sp³-hybridized carbons (Fsp3) is 0.906. The predicted octanol–water partition coefficient (Wildman–Crippen LogP) is 11.0. The molecule has 6 aliphatic carbocycles. The topological polar surface area (TPSA) is 172 Å². The van der Waals surface area contributed by atoms with Crippen LogP contribution in [0.15, 0.2) is 0 Å². The van der Waals surface area contributed by atoms with Crippen molar-refractivity contribution < 1.29 is 57.9 Å². The lowest BCUT2D eigenvalue weighted by molar-refractivity contribution is -0.264. The Balaban J connectivity index is 0.00000512. The minimum absolute atomic E-state index is 0. The average Bonchev–Trinajstić information content (AvgIpc) is 3.81. The summed E-state index contributed by atoms with van der Waals surface area (Å²) >= 11 is 0. The standard InChI is InChI=1S/C45H66O12.8CH4/c1-23-26-13-27(28-19-54-38(49)32(26)28)33(23)41(5,6)17-29(36(47)55-31-11-9-10-12-53-31)40(3,4)18-30(42(7,8)34-24(2)35(46)56-39(34)50)37(48)57-45-16-25-14-43(51,21-45)20-44(52,15-25)22-45;;;;;;;;/h23-34,51-52H,9-22H2,1-8H3;8*1H4. The number of aliphatic hydroxyl groups is 2. The lowest BCUT2D eigenvalue weighted by atomic mass is 9.50. The highest BCUT2D eigenvalue weighted by atomic mass is 16.7. The molecule has 9 aliphatic rings. The third-order valence-corrected chi connectivity index (χ3v) is 17.0. The van der Waals surface area contributed by atoms with Crippen LogP contribution in [-0.4, -0.2) is 76.4 Å². The summed E-state index contributed by atoms with van der Waals surface area (Å²) in [5.74, 6) is -4.67. The van der Waals surface area contributed by atoms with Gasteiger partial charge in [-0.25, -0.2) is 0 Å². The van der Waals surface area contributed by atoms with Crippen LogP contribution in [0.2, 0.25) is 0 Å². The van der Waals surface area contributed by atoms with Gasteiger partial charge in [0.05, 0.1) is 54.0 Å². The monoisotopic (exact) mass is 927 g/mol. The van der Waals surface area contributed by atoms with Gasteiger partial charge in [0.25, 0.3) is 0 Å². The van der Waals surface area contributed by atoms with Gasteiger partial charge in [-0.05, 0) is 97.2 Å². The zero-order chi connectivity index (χ0) is 41.2. The summed E-state index contributed by atoms with van der Waals surface area (Å²) in [6.45, 7) is 16.8. The van der Waals surface area contributed by atoms with Crippen molar-refractivity contribution >= 4 is 29.8 Å². The van der Waals surface area contributed by atoms with E-state index in [1.165, 1.54) is 0 Å². The molecule has 9 fully saturated rings. The van der Waals surface area contributed by atoms with Crippen molar-refractivity contribution in [3.05, 3.63) is 0 Å². The van der Waals surface area contributed by atoms with E-state index in [4.69, 9.17) is 23.7 Å². The summed E-state index contributed by atoms with van der Waals surface area (Å²) < 4.78 is 29.4. The summed E-state index contributed by atoms with van der Waals surface area (Å²) in [4.78, 5) is 68.8. The average molecular weight is 927 g/mol. The van der Waals surface area contributed by atoms with Gasteiger partial charge in [-0.1, -0.05) is 115 Å². The van der Waals surface area contributed by atoms with Gasteiger partial charge in [0.1, 0.15) is 5.60 Å². The maximum absolute atomic E-state index is 15.1. The lowest BCUT2D eigenvalue weighted by Gasteiger charge is -2.62. The molecule has 9 rings (SSSR count). The van der Waals surface area contributed by atoms with Crippen LogP contribution in [0.3, 0.4) is 0 Å². The Morgan fingerprint density at radius 3 is 1.86 bits per heavy atom. The van der Waals surface area contributed by atoms with E-state index in [0.29, 0.717) is 45.3 Å². The van der Waals surface area contributed by atoms with Crippen molar-refractivity contribution in [1.29, 1.82) is 0 Å². The van der Waals surface area contributed by atoms with Gasteiger partial charge >= 0.3 is 29.8 Å². The molecule has 6 saturated carbocycles. The van der Waals surface area contributed by atoms with Gasteiger partial charge in [-0.3, -0.25) is 24.0 Å². The molecule has 382 valence electrons. The molecule has 13 unspecified atom stereocenters. The van der Waals surface area contributed by atoms with Gasteiger partial charge < -0.3 is 33.9 Å². The van der Waals surface area contributed by atoms with Crippen molar-refractivity contribution in [2.75, 3.05) is 13.2 Å². The Hall–Kier alpha value is -2.57. The zero-order valence-corrected chi connectivity index (χ0v) is 35.3. The smallest absolute Gasteiger partial charge is 0.318 e. The normalized spacial score (nSPS) is 38.1. The summed E-state index contributed by atoms with van der Waals surface area (Å²) in [6.07, 6.45) is 5.61. The lowest BCUT2D eigenvalue weighted by Crippen LogP contribution is -2.67. The first kappa shape index (κ1) is 62.4. The number of fused-ring (bicyclic) bond motifs is 5. The molecule has 3 heterocycles. The second-order valence-electron chi connectivity index (χ2n) is 22.4. The molecule has 0 aromatic rings. The molecule has 3 aliphatic heterocycles. The molecule has 2 N–H and O–H groups in total. The van der Waals surface area contributed by atoms with E-state index in [2.05, 4.69) is 20.8 Å². The van der Waals surface area contributed by atoms with E-state index < -0.39 is 81.5 Å². The number of cyclic esters (lactones) is 3. The Morgan fingerprint density at radius 1 is 0.738 bits per heavy atom. The first-order valence-electron chi connectivity index (χ1n) is 21.9. The van der Waals surface area contributed by atoms with E-state index in [1.807, 2.05) is 27.7 Å². The maximum atomic E-state index is 15.1. The Bertz CT molecular complexity index is 1660. The number of carbonyl (C=O) groups excluding carboxylic acids is 5. The van der Waals surface area contributed by atoms with Crippen molar-refractivity contribution in [2.45, 2.75) is 215 Å². The van der Waals surface area contributed by atoms with E-state index in [9.17, 15) is 29.4 Å². The first-order valence-corrected chi connectivity index (χ1v) is 21.9. The van der Waals surface area contributed by atoms with Crippen LogP contribution in [-0.2, 0) is 47.7 Å². The molecule has 0 aromatic carbocycles. The van der Waals surface area contributed by atoms with Crippen LogP contribution in [0.4, 0.5) is 0 Å². The Kier molecular flexibility index (Phi) is 20.1. The zero-order valence-electron chi connectivity index (χ0n) is 35.3. The molecule has 0 spiro atoms. The van der Waals surface area contributed by atoms with Crippen LogP contribution in [0.25, 0.3) is 0 Å². The van der Waals surface area contributed by atoms with Crippen molar-refractivity contribution in [3.63, 3.8) is 0 Å². The third kappa shape index (κ3) is 10.7. The molecular weight excluding hydrogens is 829 g/mol. The van der Waals surface area contributed by atoms with Crippen molar-refractivity contribution in [1.82, 2.24) is 0 Å². The highest BCUT2D eigenvalue weighted by molar-refractivity contribution is 5.97. The van der Waals surface area contributed by atoms with Gasteiger partial charge in [0, 0.05) is 31.6 Å². The molecule has 0 radical (unpaired) electrons. The second kappa shape index (κ2) is 21.0. The van der Waals surface area contributed by atoms with E-state index in [-0.39, 0.29) is 138 Å². The largest absolute Gasteiger partial charge is 0.465 e. The fourth-order valence-electron chi connectivity index (χ4n) is 15.1.